The molecule has 0 saturated carbocycles. The fourth-order valence-electron chi connectivity index (χ4n) is 1.07. The van der Waals surface area contributed by atoms with E-state index >= 15 is 0 Å². The topological polar surface area (TPSA) is 3.24 Å². The molecule has 1 radical (unpaired) electrons. The van der Waals surface area contributed by atoms with Crippen molar-refractivity contribution < 1.29 is 0 Å². The van der Waals surface area contributed by atoms with Gasteiger partial charge < -0.3 is 4.90 Å². The van der Waals surface area contributed by atoms with Crippen molar-refractivity contribution in [3.8, 4) is 0 Å². The zero-order valence-electron chi connectivity index (χ0n) is 7.83. The summed E-state index contributed by atoms with van der Waals surface area (Å²) >= 11 is 0. The molecule has 0 aliphatic carbocycles. The van der Waals surface area contributed by atoms with Crippen LogP contribution < -0.4 is 0 Å². The van der Waals surface area contributed by atoms with Crippen LogP contribution in [0.5, 0.6) is 0 Å². The molecule has 0 bridgehead atoms. The van der Waals surface area contributed by atoms with E-state index in [4.69, 9.17) is 0 Å². The zero-order chi connectivity index (χ0) is 8.97. The lowest BCUT2D eigenvalue weighted by molar-refractivity contribution is 0.339. The van der Waals surface area contributed by atoms with Crippen LogP contribution in [0, 0.1) is 6.92 Å². The van der Waals surface area contributed by atoms with Gasteiger partial charge in [-0.2, -0.15) is 0 Å². The molecule has 12 heavy (non-hydrogen) atoms. The van der Waals surface area contributed by atoms with E-state index in [2.05, 4.69) is 50.2 Å². The van der Waals surface area contributed by atoms with Crippen LogP contribution in [-0.2, 0) is 6.42 Å². The van der Waals surface area contributed by atoms with Crippen LogP contribution in [0.2, 0.25) is 0 Å². The summed E-state index contributed by atoms with van der Waals surface area (Å²) in [6.07, 6.45) is 1.02. The monoisotopic (exact) mass is 162 g/mol. The molecule has 0 N–H and O–H groups in total. The molecule has 0 saturated heterocycles. The molecule has 1 aromatic rings. The molecule has 0 spiro atoms. The van der Waals surface area contributed by atoms with Crippen molar-refractivity contribution in [2.45, 2.75) is 12.5 Å². The normalized spacial score (nSPS) is 13.3. The van der Waals surface area contributed by atoms with E-state index in [0.717, 1.165) is 6.42 Å². The molecule has 1 heteroatoms. The Balaban J connectivity index is 2.53. The maximum atomic E-state index is 4.06. The van der Waals surface area contributed by atoms with Gasteiger partial charge in [-0.1, -0.05) is 30.3 Å². The van der Waals surface area contributed by atoms with Crippen molar-refractivity contribution >= 4 is 0 Å². The van der Waals surface area contributed by atoms with Crippen molar-refractivity contribution in [1.82, 2.24) is 4.90 Å². The van der Waals surface area contributed by atoms with E-state index in [-0.39, 0.29) is 0 Å². The lowest BCUT2D eigenvalue weighted by atomic mass is 10.1. The fourth-order valence-corrected chi connectivity index (χ4v) is 1.07. The average Bonchev–Trinajstić information content (AvgIpc) is 2.06. The summed E-state index contributed by atoms with van der Waals surface area (Å²) in [7, 11) is 4.11. The van der Waals surface area contributed by atoms with Gasteiger partial charge in [0.05, 0.1) is 0 Å². The molecule has 1 aromatic carbocycles. The Hall–Kier alpha value is -0.820. The third kappa shape index (κ3) is 2.67. The van der Waals surface area contributed by atoms with Crippen molar-refractivity contribution in [3.63, 3.8) is 0 Å². The number of nitrogens with zero attached hydrogens (tertiary/aromatic N) is 1. The first-order valence-corrected chi connectivity index (χ1v) is 4.23. The van der Waals surface area contributed by atoms with E-state index in [1.807, 2.05) is 6.07 Å². The SMILES string of the molecule is [CH2][C@H](Cc1ccccc1)N(C)C. The first kappa shape index (κ1) is 9.27. The summed E-state index contributed by atoms with van der Waals surface area (Å²) in [5.41, 5.74) is 1.35. The van der Waals surface area contributed by atoms with Crippen LogP contribution >= 0.6 is 0 Å². The van der Waals surface area contributed by atoms with Gasteiger partial charge in [-0.15, -0.1) is 0 Å². The fraction of sp³-hybridized carbons (Fsp3) is 0.364. The predicted octanol–water partition coefficient (Wildman–Crippen LogP) is 1.99. The molecule has 1 nitrogen and oxygen atoms in total. The second-order valence-electron chi connectivity index (χ2n) is 3.31. The molecule has 1 atom stereocenters. The smallest absolute Gasteiger partial charge is 0.0130 e. The van der Waals surface area contributed by atoms with E-state index in [1.54, 1.807) is 0 Å². The second kappa shape index (κ2) is 4.27. The first-order chi connectivity index (χ1) is 5.70. The summed E-state index contributed by atoms with van der Waals surface area (Å²) in [4.78, 5) is 2.13. The lowest BCUT2D eigenvalue weighted by Crippen LogP contribution is -2.26. The van der Waals surface area contributed by atoms with Gasteiger partial charge >= 0.3 is 0 Å². The van der Waals surface area contributed by atoms with Gasteiger partial charge in [-0.25, -0.2) is 0 Å². The minimum absolute atomic E-state index is 0.368. The zero-order valence-corrected chi connectivity index (χ0v) is 7.83. The van der Waals surface area contributed by atoms with E-state index in [0.29, 0.717) is 6.04 Å². The number of benzene rings is 1. The van der Waals surface area contributed by atoms with Crippen LogP contribution in [0.3, 0.4) is 0 Å². The summed E-state index contributed by atoms with van der Waals surface area (Å²) < 4.78 is 0. The van der Waals surface area contributed by atoms with Gasteiger partial charge in [0, 0.05) is 6.04 Å². The highest BCUT2D eigenvalue weighted by atomic mass is 15.1. The summed E-state index contributed by atoms with van der Waals surface area (Å²) in [5.74, 6) is 0. The maximum Gasteiger partial charge on any atom is 0.0130 e. The molecule has 0 aliphatic heterocycles. The highest BCUT2D eigenvalue weighted by Gasteiger charge is 2.04. The van der Waals surface area contributed by atoms with E-state index in [1.165, 1.54) is 5.56 Å². The summed E-state index contributed by atoms with van der Waals surface area (Å²) in [6.45, 7) is 4.06. The largest absolute Gasteiger partial charge is 0.306 e. The van der Waals surface area contributed by atoms with Gasteiger partial charge in [0.2, 0.25) is 0 Å². The number of rotatable bonds is 3. The Labute approximate surface area is 75.0 Å². The molecular formula is C11H16N. The molecule has 0 unspecified atom stereocenters. The third-order valence-corrected chi connectivity index (χ3v) is 2.04. The minimum atomic E-state index is 0.368. The van der Waals surface area contributed by atoms with Crippen molar-refractivity contribution in [3.05, 3.63) is 42.8 Å². The number of likely N-dealkylation sites (N-methyl/N-ethyl adjacent to an activating group) is 1. The van der Waals surface area contributed by atoms with Gasteiger partial charge in [0.1, 0.15) is 0 Å². The molecule has 1 rings (SSSR count). The van der Waals surface area contributed by atoms with Gasteiger partial charge in [-0.05, 0) is 33.0 Å². The number of hydrogen-bond donors (Lipinski definition) is 0. The lowest BCUT2D eigenvalue weighted by Gasteiger charge is -2.19. The molecule has 0 fully saturated rings. The van der Waals surface area contributed by atoms with Gasteiger partial charge in [0.15, 0.2) is 0 Å². The summed E-state index contributed by atoms with van der Waals surface area (Å²) in [6, 6.07) is 10.8. The molecule has 0 amide bonds. The van der Waals surface area contributed by atoms with Crippen molar-refractivity contribution in [2.24, 2.45) is 0 Å². The van der Waals surface area contributed by atoms with E-state index < -0.39 is 0 Å². The van der Waals surface area contributed by atoms with Crippen LogP contribution in [-0.4, -0.2) is 25.0 Å². The van der Waals surface area contributed by atoms with Crippen molar-refractivity contribution in [2.75, 3.05) is 14.1 Å². The molecule has 0 aromatic heterocycles. The van der Waals surface area contributed by atoms with E-state index in [9.17, 15) is 0 Å². The maximum absolute atomic E-state index is 4.06. The highest BCUT2D eigenvalue weighted by Crippen LogP contribution is 2.04. The highest BCUT2D eigenvalue weighted by molar-refractivity contribution is 5.16. The second-order valence-corrected chi connectivity index (χ2v) is 3.31. The van der Waals surface area contributed by atoms with Gasteiger partial charge in [0.25, 0.3) is 0 Å². The Morgan fingerprint density at radius 2 is 1.83 bits per heavy atom. The molecule has 0 aliphatic rings. The van der Waals surface area contributed by atoms with Gasteiger partial charge in [-0.3, -0.25) is 0 Å². The quantitative estimate of drug-likeness (QED) is 0.657. The standard InChI is InChI=1S/C11H16N/c1-10(12(2)3)9-11-7-5-4-6-8-11/h4-8,10H,1,9H2,2-3H3/t10-/m1/s1. The van der Waals surface area contributed by atoms with Crippen LogP contribution in [0.25, 0.3) is 0 Å². The Morgan fingerprint density at radius 1 is 1.25 bits per heavy atom. The number of hydrogen-bond acceptors (Lipinski definition) is 1. The minimum Gasteiger partial charge on any atom is -0.306 e. The van der Waals surface area contributed by atoms with Crippen molar-refractivity contribution in [1.29, 1.82) is 0 Å². The molecular weight excluding hydrogens is 146 g/mol. The molecule has 0 heterocycles. The Kier molecular flexibility index (Phi) is 3.30. The van der Waals surface area contributed by atoms with Crippen LogP contribution in [0.1, 0.15) is 5.56 Å². The predicted molar refractivity (Wildman–Crippen MR) is 53.0 cm³/mol. The average molecular weight is 162 g/mol. The first-order valence-electron chi connectivity index (χ1n) is 4.23. The Morgan fingerprint density at radius 3 is 2.33 bits per heavy atom. The summed E-state index contributed by atoms with van der Waals surface area (Å²) in [5, 5.41) is 0. The molecule has 65 valence electrons. The third-order valence-electron chi connectivity index (χ3n) is 2.04. The van der Waals surface area contributed by atoms with Crippen LogP contribution in [0.15, 0.2) is 30.3 Å². The van der Waals surface area contributed by atoms with Crippen LogP contribution in [0.4, 0.5) is 0 Å². The Bertz CT molecular complexity index is 216.